The number of benzene rings is 1. The van der Waals surface area contributed by atoms with E-state index in [0.717, 1.165) is 24.9 Å². The van der Waals surface area contributed by atoms with Crippen molar-refractivity contribution >= 4 is 5.91 Å². The lowest BCUT2D eigenvalue weighted by molar-refractivity contribution is -0.121. The topological polar surface area (TPSA) is 32.3 Å². The SMILES string of the molecule is CCCC(=O)NC(CCN(C)C)c1ccc(F)cc1. The van der Waals surface area contributed by atoms with Gasteiger partial charge in [0.05, 0.1) is 6.04 Å². The number of hydrogen-bond donors (Lipinski definition) is 1. The fourth-order valence-corrected chi connectivity index (χ4v) is 1.90. The van der Waals surface area contributed by atoms with Gasteiger partial charge in [-0.2, -0.15) is 0 Å². The van der Waals surface area contributed by atoms with Gasteiger partial charge in [0.15, 0.2) is 0 Å². The Kier molecular flexibility index (Phi) is 6.50. The van der Waals surface area contributed by atoms with E-state index in [1.165, 1.54) is 12.1 Å². The van der Waals surface area contributed by atoms with Gasteiger partial charge in [0.1, 0.15) is 5.82 Å². The highest BCUT2D eigenvalue weighted by Crippen LogP contribution is 2.18. The summed E-state index contributed by atoms with van der Waals surface area (Å²) in [6.45, 7) is 2.85. The van der Waals surface area contributed by atoms with E-state index in [-0.39, 0.29) is 17.8 Å². The van der Waals surface area contributed by atoms with Crippen molar-refractivity contribution in [2.75, 3.05) is 20.6 Å². The summed E-state index contributed by atoms with van der Waals surface area (Å²) < 4.78 is 13.0. The predicted octanol–water partition coefficient (Wildman–Crippen LogP) is 2.73. The van der Waals surface area contributed by atoms with E-state index in [9.17, 15) is 9.18 Å². The molecule has 1 rings (SSSR count). The first-order chi connectivity index (χ1) is 9.02. The maximum absolute atomic E-state index is 13.0. The summed E-state index contributed by atoms with van der Waals surface area (Å²) >= 11 is 0. The Balaban J connectivity index is 2.73. The molecule has 0 heterocycles. The average molecular weight is 266 g/mol. The standard InChI is InChI=1S/C15H23FN2O/c1-4-5-15(19)17-14(10-11-18(2)3)12-6-8-13(16)9-7-12/h6-9,14H,4-5,10-11H2,1-3H3,(H,17,19). The van der Waals surface area contributed by atoms with Crippen molar-refractivity contribution in [3.63, 3.8) is 0 Å². The molecule has 0 fully saturated rings. The van der Waals surface area contributed by atoms with Crippen LogP contribution in [-0.4, -0.2) is 31.4 Å². The van der Waals surface area contributed by atoms with Gasteiger partial charge in [0.2, 0.25) is 5.91 Å². The summed E-state index contributed by atoms with van der Waals surface area (Å²) in [5.74, 6) is -0.203. The van der Waals surface area contributed by atoms with Crippen LogP contribution in [0.15, 0.2) is 24.3 Å². The Bertz CT molecular complexity index is 390. The minimum absolute atomic E-state index is 0.0515. The number of carbonyl (C=O) groups excluding carboxylic acids is 1. The van der Waals surface area contributed by atoms with Crippen LogP contribution in [0.2, 0.25) is 0 Å². The van der Waals surface area contributed by atoms with Crippen LogP contribution in [0.4, 0.5) is 4.39 Å². The largest absolute Gasteiger partial charge is 0.349 e. The number of hydrogen-bond acceptors (Lipinski definition) is 2. The minimum atomic E-state index is -0.255. The number of carbonyl (C=O) groups is 1. The van der Waals surface area contributed by atoms with Gasteiger partial charge in [-0.3, -0.25) is 4.79 Å². The van der Waals surface area contributed by atoms with Gasteiger partial charge < -0.3 is 10.2 Å². The van der Waals surface area contributed by atoms with E-state index < -0.39 is 0 Å². The Hall–Kier alpha value is -1.42. The maximum Gasteiger partial charge on any atom is 0.220 e. The Morgan fingerprint density at radius 2 is 1.95 bits per heavy atom. The van der Waals surface area contributed by atoms with Gasteiger partial charge in [-0.1, -0.05) is 19.1 Å². The van der Waals surface area contributed by atoms with Crippen molar-refractivity contribution in [3.8, 4) is 0 Å². The third-order valence-corrected chi connectivity index (χ3v) is 2.95. The molecule has 3 nitrogen and oxygen atoms in total. The molecule has 1 atom stereocenters. The second kappa shape index (κ2) is 7.89. The molecule has 0 aliphatic rings. The number of nitrogens with one attached hydrogen (secondary N) is 1. The summed E-state index contributed by atoms with van der Waals surface area (Å²) in [4.78, 5) is 13.8. The second-order valence-electron chi connectivity index (χ2n) is 5.01. The van der Waals surface area contributed by atoms with E-state index in [2.05, 4.69) is 10.2 Å². The summed E-state index contributed by atoms with van der Waals surface area (Å²) in [6.07, 6.45) is 2.17. The van der Waals surface area contributed by atoms with E-state index >= 15 is 0 Å². The predicted molar refractivity (Wildman–Crippen MR) is 75.4 cm³/mol. The zero-order chi connectivity index (χ0) is 14.3. The lowest BCUT2D eigenvalue weighted by Gasteiger charge is -2.21. The van der Waals surface area contributed by atoms with Crippen LogP contribution >= 0.6 is 0 Å². The van der Waals surface area contributed by atoms with Crippen LogP contribution in [0.5, 0.6) is 0 Å². The third-order valence-electron chi connectivity index (χ3n) is 2.95. The molecule has 1 amide bonds. The smallest absolute Gasteiger partial charge is 0.220 e. The first-order valence-electron chi connectivity index (χ1n) is 6.72. The lowest BCUT2D eigenvalue weighted by Crippen LogP contribution is -2.30. The summed E-state index contributed by atoms with van der Waals surface area (Å²) in [6, 6.07) is 6.29. The Labute approximate surface area is 114 Å². The zero-order valence-electron chi connectivity index (χ0n) is 11.9. The minimum Gasteiger partial charge on any atom is -0.349 e. The number of rotatable bonds is 7. The van der Waals surface area contributed by atoms with Crippen LogP contribution in [0, 0.1) is 5.82 Å². The number of nitrogens with zero attached hydrogens (tertiary/aromatic N) is 1. The fraction of sp³-hybridized carbons (Fsp3) is 0.533. The molecule has 0 aliphatic heterocycles. The first-order valence-corrected chi connectivity index (χ1v) is 6.72. The normalized spacial score (nSPS) is 12.5. The lowest BCUT2D eigenvalue weighted by atomic mass is 10.0. The Morgan fingerprint density at radius 1 is 1.32 bits per heavy atom. The molecule has 4 heteroatoms. The molecule has 1 unspecified atom stereocenters. The second-order valence-corrected chi connectivity index (χ2v) is 5.01. The van der Waals surface area contributed by atoms with Gasteiger partial charge in [-0.25, -0.2) is 4.39 Å². The molecule has 1 aromatic rings. The molecular weight excluding hydrogens is 243 g/mol. The van der Waals surface area contributed by atoms with Gasteiger partial charge in [-0.05, 0) is 51.2 Å². The average Bonchev–Trinajstić information content (AvgIpc) is 2.35. The van der Waals surface area contributed by atoms with E-state index in [4.69, 9.17) is 0 Å². The zero-order valence-corrected chi connectivity index (χ0v) is 11.9. The summed E-state index contributed by atoms with van der Waals surface area (Å²) in [5, 5.41) is 3.02. The molecule has 0 radical (unpaired) electrons. The molecule has 1 aromatic carbocycles. The molecule has 0 saturated carbocycles. The van der Waals surface area contributed by atoms with Crippen molar-refractivity contribution in [3.05, 3.63) is 35.6 Å². The van der Waals surface area contributed by atoms with Crippen LogP contribution in [0.25, 0.3) is 0 Å². The van der Waals surface area contributed by atoms with Crippen LogP contribution in [0.3, 0.4) is 0 Å². The van der Waals surface area contributed by atoms with E-state index in [1.54, 1.807) is 12.1 Å². The van der Waals surface area contributed by atoms with Crippen LogP contribution in [-0.2, 0) is 4.79 Å². The van der Waals surface area contributed by atoms with Crippen LogP contribution in [0.1, 0.15) is 37.8 Å². The molecule has 0 bridgehead atoms. The van der Waals surface area contributed by atoms with Gasteiger partial charge in [-0.15, -0.1) is 0 Å². The Morgan fingerprint density at radius 3 is 2.47 bits per heavy atom. The molecule has 0 saturated heterocycles. The highest BCUT2D eigenvalue weighted by atomic mass is 19.1. The monoisotopic (exact) mass is 266 g/mol. The van der Waals surface area contributed by atoms with Crippen LogP contribution < -0.4 is 5.32 Å². The van der Waals surface area contributed by atoms with Crippen molar-refractivity contribution in [1.82, 2.24) is 10.2 Å². The molecule has 0 spiro atoms. The molecule has 106 valence electrons. The van der Waals surface area contributed by atoms with E-state index in [1.807, 2.05) is 21.0 Å². The first kappa shape index (κ1) is 15.6. The highest BCUT2D eigenvalue weighted by Gasteiger charge is 2.14. The van der Waals surface area contributed by atoms with Crippen molar-refractivity contribution in [2.24, 2.45) is 0 Å². The molecule has 1 N–H and O–H groups in total. The van der Waals surface area contributed by atoms with Gasteiger partial charge in [0.25, 0.3) is 0 Å². The highest BCUT2D eigenvalue weighted by molar-refractivity contribution is 5.76. The molecule has 19 heavy (non-hydrogen) atoms. The number of amides is 1. The summed E-state index contributed by atoms with van der Waals surface area (Å²) in [7, 11) is 3.99. The summed E-state index contributed by atoms with van der Waals surface area (Å²) in [5.41, 5.74) is 0.952. The molecule has 0 aromatic heterocycles. The fourth-order valence-electron chi connectivity index (χ4n) is 1.90. The molecular formula is C15H23FN2O. The van der Waals surface area contributed by atoms with Crippen molar-refractivity contribution in [2.45, 2.75) is 32.2 Å². The third kappa shape index (κ3) is 5.83. The van der Waals surface area contributed by atoms with E-state index in [0.29, 0.717) is 6.42 Å². The van der Waals surface area contributed by atoms with Gasteiger partial charge in [0, 0.05) is 6.42 Å². The quantitative estimate of drug-likeness (QED) is 0.823. The molecule has 0 aliphatic carbocycles. The maximum atomic E-state index is 13.0. The van der Waals surface area contributed by atoms with Gasteiger partial charge >= 0.3 is 0 Å². The van der Waals surface area contributed by atoms with Crippen molar-refractivity contribution < 1.29 is 9.18 Å². The number of halogens is 1. The van der Waals surface area contributed by atoms with Crippen molar-refractivity contribution in [1.29, 1.82) is 0 Å².